The Hall–Kier alpha value is -1.22. The first kappa shape index (κ1) is 15.8. The van der Waals surface area contributed by atoms with Crippen molar-refractivity contribution in [2.75, 3.05) is 12.3 Å². The average Bonchev–Trinajstić information content (AvgIpc) is 2.37. The summed E-state index contributed by atoms with van der Waals surface area (Å²) in [6, 6.07) is 4.77. The molecule has 106 valence electrons. The normalized spacial score (nSPS) is 12.2. The van der Waals surface area contributed by atoms with Crippen LogP contribution in [0.5, 0.6) is 0 Å². The maximum Gasteiger partial charge on any atom is 0.338 e. The molecule has 0 saturated heterocycles. The highest BCUT2D eigenvalue weighted by molar-refractivity contribution is 6.31. The fourth-order valence-corrected chi connectivity index (χ4v) is 2.15. The van der Waals surface area contributed by atoms with Crippen LogP contribution in [0.15, 0.2) is 18.2 Å². The maximum absolute atomic E-state index is 11.9. The van der Waals surface area contributed by atoms with E-state index in [-0.39, 0.29) is 5.97 Å². The van der Waals surface area contributed by atoms with E-state index < -0.39 is 0 Å². The molecule has 1 aromatic carbocycles. The highest BCUT2D eigenvalue weighted by Gasteiger charge is 2.12. The van der Waals surface area contributed by atoms with E-state index in [9.17, 15) is 4.79 Å². The van der Waals surface area contributed by atoms with Crippen molar-refractivity contribution in [1.82, 2.24) is 0 Å². The first-order valence-electron chi connectivity index (χ1n) is 6.80. The van der Waals surface area contributed by atoms with Crippen molar-refractivity contribution in [3.8, 4) is 0 Å². The molecule has 1 atom stereocenters. The number of hydrogen-bond donors (Lipinski definition) is 1. The highest BCUT2D eigenvalue weighted by atomic mass is 35.5. The van der Waals surface area contributed by atoms with Crippen molar-refractivity contribution in [1.29, 1.82) is 0 Å². The number of nitrogen functional groups attached to an aromatic ring is 1. The average molecular weight is 284 g/mol. The van der Waals surface area contributed by atoms with E-state index in [1.54, 1.807) is 18.2 Å². The first-order chi connectivity index (χ1) is 9.06. The van der Waals surface area contributed by atoms with E-state index in [2.05, 4.69) is 13.8 Å². The Labute approximate surface area is 120 Å². The van der Waals surface area contributed by atoms with Crippen LogP contribution in [-0.2, 0) is 4.74 Å². The molecule has 1 unspecified atom stereocenters. The van der Waals surface area contributed by atoms with Gasteiger partial charge in [-0.15, -0.1) is 0 Å². The number of ether oxygens (including phenoxy) is 1. The molecule has 1 rings (SSSR count). The minimum Gasteiger partial charge on any atom is -0.462 e. The summed E-state index contributed by atoms with van der Waals surface area (Å²) in [6.45, 7) is 4.74. The van der Waals surface area contributed by atoms with Gasteiger partial charge in [0, 0.05) is 10.7 Å². The molecular formula is C15H22ClNO2. The van der Waals surface area contributed by atoms with Crippen LogP contribution in [0.4, 0.5) is 5.69 Å². The van der Waals surface area contributed by atoms with E-state index in [0.29, 0.717) is 28.8 Å². The largest absolute Gasteiger partial charge is 0.462 e. The Kier molecular flexibility index (Phi) is 6.71. The number of rotatable bonds is 7. The van der Waals surface area contributed by atoms with E-state index >= 15 is 0 Å². The Balaban J connectivity index is 2.54. The Bertz CT molecular complexity index is 400. The molecule has 3 nitrogen and oxygen atoms in total. The summed E-state index contributed by atoms with van der Waals surface area (Å²) in [5.41, 5.74) is 6.54. The van der Waals surface area contributed by atoms with Gasteiger partial charge in [-0.2, -0.15) is 0 Å². The first-order valence-corrected chi connectivity index (χ1v) is 7.17. The van der Waals surface area contributed by atoms with Gasteiger partial charge in [-0.1, -0.05) is 44.7 Å². The third-order valence-corrected chi connectivity index (χ3v) is 3.37. The number of carbonyl (C=O) groups excluding carboxylic acids is 1. The van der Waals surface area contributed by atoms with Gasteiger partial charge < -0.3 is 10.5 Å². The lowest BCUT2D eigenvalue weighted by atomic mass is 10.0. The van der Waals surface area contributed by atoms with Gasteiger partial charge >= 0.3 is 5.97 Å². The summed E-state index contributed by atoms with van der Waals surface area (Å²) in [6.07, 6.45) is 4.44. The number of halogens is 1. The molecule has 0 aliphatic carbocycles. The second-order valence-corrected chi connectivity index (χ2v) is 5.22. The quantitative estimate of drug-likeness (QED) is 0.600. The summed E-state index contributed by atoms with van der Waals surface area (Å²) < 4.78 is 5.34. The number of benzene rings is 1. The standard InChI is InChI=1S/C15H22ClNO2/c1-3-5-6-11(4-2)10-19-15(18)12-7-13(16)9-14(17)8-12/h7-9,11H,3-6,10,17H2,1-2H3. The molecule has 0 saturated carbocycles. The summed E-state index contributed by atoms with van der Waals surface area (Å²) >= 11 is 5.86. The molecule has 1 aromatic rings. The molecule has 0 aromatic heterocycles. The lowest BCUT2D eigenvalue weighted by Gasteiger charge is -2.14. The van der Waals surface area contributed by atoms with Crippen molar-refractivity contribution in [2.24, 2.45) is 5.92 Å². The molecule has 0 amide bonds. The van der Waals surface area contributed by atoms with Crippen molar-refractivity contribution >= 4 is 23.3 Å². The van der Waals surface area contributed by atoms with Gasteiger partial charge in [0.1, 0.15) is 0 Å². The molecule has 0 aliphatic heterocycles. The van der Waals surface area contributed by atoms with Crippen LogP contribution in [0.1, 0.15) is 49.9 Å². The highest BCUT2D eigenvalue weighted by Crippen LogP contribution is 2.18. The van der Waals surface area contributed by atoms with Crippen LogP contribution in [0, 0.1) is 5.92 Å². The molecule has 0 heterocycles. The Morgan fingerprint density at radius 1 is 1.37 bits per heavy atom. The molecule has 0 bridgehead atoms. The van der Waals surface area contributed by atoms with E-state index in [0.717, 1.165) is 19.3 Å². The number of esters is 1. The summed E-state index contributed by atoms with van der Waals surface area (Å²) in [5.74, 6) is 0.0737. The molecule has 19 heavy (non-hydrogen) atoms. The van der Waals surface area contributed by atoms with Crippen LogP contribution in [0.2, 0.25) is 5.02 Å². The summed E-state index contributed by atoms with van der Waals surface area (Å²) in [7, 11) is 0. The number of carbonyl (C=O) groups is 1. The topological polar surface area (TPSA) is 52.3 Å². The number of nitrogens with two attached hydrogens (primary N) is 1. The van der Waals surface area contributed by atoms with Gasteiger partial charge in [0.15, 0.2) is 0 Å². The van der Waals surface area contributed by atoms with Crippen LogP contribution >= 0.6 is 11.6 Å². The van der Waals surface area contributed by atoms with E-state index in [1.165, 1.54) is 6.42 Å². The second-order valence-electron chi connectivity index (χ2n) is 4.79. The van der Waals surface area contributed by atoms with Gasteiger partial charge in [-0.3, -0.25) is 0 Å². The van der Waals surface area contributed by atoms with Crippen molar-refractivity contribution in [3.05, 3.63) is 28.8 Å². The van der Waals surface area contributed by atoms with Crippen LogP contribution in [0.25, 0.3) is 0 Å². The number of unbranched alkanes of at least 4 members (excludes halogenated alkanes) is 1. The van der Waals surface area contributed by atoms with Gasteiger partial charge in [0.05, 0.1) is 12.2 Å². The monoisotopic (exact) mass is 283 g/mol. The Morgan fingerprint density at radius 3 is 2.68 bits per heavy atom. The lowest BCUT2D eigenvalue weighted by Crippen LogP contribution is -2.14. The van der Waals surface area contributed by atoms with Gasteiger partial charge in [0.25, 0.3) is 0 Å². The predicted octanol–water partition coefficient (Wildman–Crippen LogP) is 4.30. The van der Waals surface area contributed by atoms with Gasteiger partial charge in [-0.05, 0) is 30.5 Å². The molecule has 0 aliphatic rings. The fourth-order valence-electron chi connectivity index (χ4n) is 1.91. The molecule has 2 N–H and O–H groups in total. The summed E-state index contributed by atoms with van der Waals surface area (Å²) in [4.78, 5) is 11.9. The van der Waals surface area contributed by atoms with Crippen molar-refractivity contribution in [3.63, 3.8) is 0 Å². The second kappa shape index (κ2) is 8.05. The smallest absolute Gasteiger partial charge is 0.338 e. The lowest BCUT2D eigenvalue weighted by molar-refractivity contribution is 0.0428. The number of anilines is 1. The van der Waals surface area contributed by atoms with Crippen LogP contribution in [0.3, 0.4) is 0 Å². The molecule has 0 radical (unpaired) electrons. The van der Waals surface area contributed by atoms with Crippen LogP contribution < -0.4 is 5.73 Å². The molecular weight excluding hydrogens is 262 g/mol. The third-order valence-electron chi connectivity index (χ3n) is 3.15. The zero-order valence-corrected chi connectivity index (χ0v) is 12.4. The minimum atomic E-state index is -0.357. The van der Waals surface area contributed by atoms with E-state index in [1.807, 2.05) is 0 Å². The van der Waals surface area contributed by atoms with Gasteiger partial charge in [-0.25, -0.2) is 4.79 Å². The van der Waals surface area contributed by atoms with E-state index in [4.69, 9.17) is 22.1 Å². The third kappa shape index (κ3) is 5.52. The van der Waals surface area contributed by atoms with Crippen molar-refractivity contribution < 1.29 is 9.53 Å². The zero-order valence-electron chi connectivity index (χ0n) is 11.6. The Morgan fingerprint density at radius 2 is 2.11 bits per heavy atom. The maximum atomic E-state index is 11.9. The molecule has 0 fully saturated rings. The van der Waals surface area contributed by atoms with Crippen molar-refractivity contribution in [2.45, 2.75) is 39.5 Å². The number of hydrogen-bond acceptors (Lipinski definition) is 3. The van der Waals surface area contributed by atoms with Crippen LogP contribution in [-0.4, -0.2) is 12.6 Å². The zero-order chi connectivity index (χ0) is 14.3. The molecule has 4 heteroatoms. The van der Waals surface area contributed by atoms with Gasteiger partial charge in [0.2, 0.25) is 0 Å². The molecule has 0 spiro atoms. The SMILES string of the molecule is CCCCC(CC)COC(=O)c1cc(N)cc(Cl)c1. The predicted molar refractivity (Wildman–Crippen MR) is 79.5 cm³/mol. The fraction of sp³-hybridized carbons (Fsp3) is 0.533. The summed E-state index contributed by atoms with van der Waals surface area (Å²) in [5, 5.41) is 0.449. The minimum absolute atomic E-state index is 0.357.